The highest BCUT2D eigenvalue weighted by Gasteiger charge is 2.13. The molecular formula is C15H16N2O. The molecule has 0 aliphatic heterocycles. The van der Waals surface area contributed by atoms with Crippen molar-refractivity contribution in [3.8, 4) is 0 Å². The van der Waals surface area contributed by atoms with E-state index in [1.165, 1.54) is 0 Å². The predicted octanol–water partition coefficient (Wildman–Crippen LogP) is 2.74. The van der Waals surface area contributed by atoms with Gasteiger partial charge in [0.15, 0.2) is 0 Å². The number of amides is 1. The van der Waals surface area contributed by atoms with Gasteiger partial charge in [-0.25, -0.2) is 0 Å². The highest BCUT2D eigenvalue weighted by molar-refractivity contribution is 5.94. The summed E-state index contributed by atoms with van der Waals surface area (Å²) in [7, 11) is 0. The Labute approximate surface area is 107 Å². The zero-order valence-corrected chi connectivity index (χ0v) is 10.4. The summed E-state index contributed by atoms with van der Waals surface area (Å²) >= 11 is 0. The number of pyridine rings is 1. The number of hydrogen-bond acceptors (Lipinski definition) is 2. The first kappa shape index (κ1) is 12.3. The van der Waals surface area contributed by atoms with Crippen molar-refractivity contribution in [2.45, 2.75) is 13.5 Å². The fourth-order valence-corrected chi connectivity index (χ4v) is 1.80. The van der Waals surface area contributed by atoms with Crippen LogP contribution >= 0.6 is 0 Å². The Kier molecular flexibility index (Phi) is 4.07. The monoisotopic (exact) mass is 240 g/mol. The van der Waals surface area contributed by atoms with Gasteiger partial charge in [0, 0.05) is 31.0 Å². The van der Waals surface area contributed by atoms with Crippen LogP contribution in [0.5, 0.6) is 0 Å². The summed E-state index contributed by atoms with van der Waals surface area (Å²) in [5.41, 5.74) is 1.82. The van der Waals surface area contributed by atoms with Crippen LogP contribution in [0.25, 0.3) is 0 Å². The van der Waals surface area contributed by atoms with Crippen LogP contribution in [0.15, 0.2) is 54.9 Å². The molecule has 1 aromatic carbocycles. The average Bonchev–Trinajstić information content (AvgIpc) is 2.46. The zero-order chi connectivity index (χ0) is 12.8. The van der Waals surface area contributed by atoms with Crippen LogP contribution in [0, 0.1) is 0 Å². The molecule has 92 valence electrons. The van der Waals surface area contributed by atoms with E-state index in [9.17, 15) is 4.79 Å². The second-order valence-electron chi connectivity index (χ2n) is 4.04. The summed E-state index contributed by atoms with van der Waals surface area (Å²) in [6, 6.07) is 13.2. The van der Waals surface area contributed by atoms with Crippen LogP contribution in [0.3, 0.4) is 0 Å². The van der Waals surface area contributed by atoms with E-state index in [1.807, 2.05) is 54.3 Å². The van der Waals surface area contributed by atoms with Gasteiger partial charge in [0.1, 0.15) is 0 Å². The van der Waals surface area contributed by atoms with Crippen molar-refractivity contribution < 1.29 is 4.79 Å². The third-order valence-electron chi connectivity index (χ3n) is 2.81. The number of rotatable bonds is 4. The van der Waals surface area contributed by atoms with Crippen LogP contribution in [-0.2, 0) is 6.54 Å². The maximum Gasteiger partial charge on any atom is 0.254 e. The van der Waals surface area contributed by atoms with Gasteiger partial charge < -0.3 is 4.90 Å². The Balaban J connectivity index is 2.12. The smallest absolute Gasteiger partial charge is 0.254 e. The van der Waals surface area contributed by atoms with Gasteiger partial charge in [0.2, 0.25) is 0 Å². The normalized spacial score (nSPS) is 10.1. The van der Waals surface area contributed by atoms with E-state index >= 15 is 0 Å². The van der Waals surface area contributed by atoms with Crippen molar-refractivity contribution in [1.82, 2.24) is 9.88 Å². The van der Waals surface area contributed by atoms with E-state index in [0.29, 0.717) is 13.1 Å². The molecule has 1 aromatic heterocycles. The average molecular weight is 240 g/mol. The quantitative estimate of drug-likeness (QED) is 0.823. The van der Waals surface area contributed by atoms with Crippen LogP contribution in [0.1, 0.15) is 22.8 Å². The molecular weight excluding hydrogens is 224 g/mol. The first-order valence-corrected chi connectivity index (χ1v) is 6.04. The molecule has 0 unspecified atom stereocenters. The first-order valence-electron chi connectivity index (χ1n) is 6.04. The second kappa shape index (κ2) is 5.96. The molecule has 0 fully saturated rings. The Morgan fingerprint density at radius 2 is 1.78 bits per heavy atom. The SMILES string of the molecule is CCN(Cc1ccncc1)C(=O)c1ccccc1. The van der Waals surface area contributed by atoms with Gasteiger partial charge in [-0.05, 0) is 36.8 Å². The summed E-state index contributed by atoms with van der Waals surface area (Å²) in [6.07, 6.45) is 3.49. The third kappa shape index (κ3) is 2.94. The maximum absolute atomic E-state index is 12.3. The van der Waals surface area contributed by atoms with Crippen LogP contribution in [0.2, 0.25) is 0 Å². The number of aromatic nitrogens is 1. The summed E-state index contributed by atoms with van der Waals surface area (Å²) in [6.45, 7) is 3.30. The molecule has 3 nitrogen and oxygen atoms in total. The van der Waals surface area contributed by atoms with E-state index < -0.39 is 0 Å². The molecule has 18 heavy (non-hydrogen) atoms. The first-order chi connectivity index (χ1) is 8.81. The zero-order valence-electron chi connectivity index (χ0n) is 10.4. The van der Waals surface area contributed by atoms with E-state index in [4.69, 9.17) is 0 Å². The standard InChI is InChI=1S/C15H16N2O/c1-2-17(12-13-8-10-16-11-9-13)15(18)14-6-4-3-5-7-14/h3-11H,2,12H2,1H3. The van der Waals surface area contributed by atoms with Gasteiger partial charge in [0.05, 0.1) is 0 Å². The Bertz CT molecular complexity index is 496. The molecule has 3 heteroatoms. The minimum absolute atomic E-state index is 0.0647. The molecule has 2 aromatic rings. The lowest BCUT2D eigenvalue weighted by Crippen LogP contribution is -2.30. The fourth-order valence-electron chi connectivity index (χ4n) is 1.80. The largest absolute Gasteiger partial charge is 0.335 e. The maximum atomic E-state index is 12.3. The van der Waals surface area contributed by atoms with Crippen LogP contribution in [-0.4, -0.2) is 22.3 Å². The summed E-state index contributed by atoms with van der Waals surface area (Å²) in [5, 5.41) is 0. The topological polar surface area (TPSA) is 33.2 Å². The molecule has 0 spiro atoms. The molecule has 0 saturated carbocycles. The molecule has 1 heterocycles. The van der Waals surface area contributed by atoms with E-state index in [2.05, 4.69) is 4.98 Å². The van der Waals surface area contributed by atoms with Gasteiger partial charge >= 0.3 is 0 Å². The minimum Gasteiger partial charge on any atom is -0.335 e. The van der Waals surface area contributed by atoms with Crippen molar-refractivity contribution in [3.05, 3.63) is 66.0 Å². The number of hydrogen-bond donors (Lipinski definition) is 0. The Morgan fingerprint density at radius 3 is 2.39 bits per heavy atom. The van der Waals surface area contributed by atoms with Gasteiger partial charge in [-0.2, -0.15) is 0 Å². The summed E-state index contributed by atoms with van der Waals surface area (Å²) in [5.74, 6) is 0.0647. The van der Waals surface area contributed by atoms with Crippen molar-refractivity contribution >= 4 is 5.91 Å². The number of benzene rings is 1. The molecule has 2 rings (SSSR count). The highest BCUT2D eigenvalue weighted by Crippen LogP contribution is 2.09. The van der Waals surface area contributed by atoms with E-state index in [0.717, 1.165) is 11.1 Å². The second-order valence-corrected chi connectivity index (χ2v) is 4.04. The lowest BCUT2D eigenvalue weighted by molar-refractivity contribution is 0.0752. The third-order valence-corrected chi connectivity index (χ3v) is 2.81. The molecule has 1 amide bonds. The number of carbonyl (C=O) groups excluding carboxylic acids is 1. The summed E-state index contributed by atoms with van der Waals surface area (Å²) in [4.78, 5) is 18.1. The number of nitrogens with zero attached hydrogens (tertiary/aromatic N) is 2. The molecule has 0 saturated heterocycles. The molecule has 0 N–H and O–H groups in total. The summed E-state index contributed by atoms with van der Waals surface area (Å²) < 4.78 is 0. The number of carbonyl (C=O) groups is 1. The predicted molar refractivity (Wildman–Crippen MR) is 71.1 cm³/mol. The van der Waals surface area contributed by atoms with Crippen LogP contribution < -0.4 is 0 Å². The molecule has 0 atom stereocenters. The van der Waals surface area contributed by atoms with Crippen LogP contribution in [0.4, 0.5) is 0 Å². The van der Waals surface area contributed by atoms with Gasteiger partial charge in [-0.1, -0.05) is 18.2 Å². The highest BCUT2D eigenvalue weighted by atomic mass is 16.2. The Morgan fingerprint density at radius 1 is 1.11 bits per heavy atom. The lowest BCUT2D eigenvalue weighted by Gasteiger charge is -2.21. The fraction of sp³-hybridized carbons (Fsp3) is 0.200. The van der Waals surface area contributed by atoms with E-state index in [1.54, 1.807) is 12.4 Å². The van der Waals surface area contributed by atoms with E-state index in [-0.39, 0.29) is 5.91 Å². The minimum atomic E-state index is 0.0647. The molecule has 0 radical (unpaired) electrons. The molecule has 0 aliphatic rings. The lowest BCUT2D eigenvalue weighted by atomic mass is 10.2. The molecule has 0 aliphatic carbocycles. The van der Waals surface area contributed by atoms with Crippen molar-refractivity contribution in [2.75, 3.05) is 6.54 Å². The van der Waals surface area contributed by atoms with Crippen molar-refractivity contribution in [3.63, 3.8) is 0 Å². The van der Waals surface area contributed by atoms with Gasteiger partial charge in [0.25, 0.3) is 5.91 Å². The van der Waals surface area contributed by atoms with Gasteiger partial charge in [-0.15, -0.1) is 0 Å². The Hall–Kier alpha value is -2.16. The molecule has 0 bridgehead atoms. The van der Waals surface area contributed by atoms with Crippen molar-refractivity contribution in [1.29, 1.82) is 0 Å². The van der Waals surface area contributed by atoms with Gasteiger partial charge in [-0.3, -0.25) is 9.78 Å². The van der Waals surface area contributed by atoms with Crippen molar-refractivity contribution in [2.24, 2.45) is 0 Å².